The summed E-state index contributed by atoms with van der Waals surface area (Å²) in [5.74, 6) is -0.390. The van der Waals surface area contributed by atoms with E-state index in [1.54, 1.807) is 30.3 Å². The first kappa shape index (κ1) is 22.8. The first-order chi connectivity index (χ1) is 13.2. The summed E-state index contributed by atoms with van der Waals surface area (Å²) < 4.78 is 53.1. The highest BCUT2D eigenvalue weighted by Gasteiger charge is 2.35. The molecule has 2 aromatic carbocycles. The highest BCUT2D eigenvalue weighted by molar-refractivity contribution is 8.03. The monoisotopic (exact) mass is 444 g/mol. The highest BCUT2D eigenvalue weighted by atomic mass is 35.5. The fraction of sp³-hybridized carbons (Fsp3) is 0.368. The second kappa shape index (κ2) is 9.84. The van der Waals surface area contributed by atoms with E-state index in [1.165, 1.54) is 24.3 Å². The van der Waals surface area contributed by atoms with Crippen molar-refractivity contribution in [2.24, 2.45) is 0 Å². The molecule has 0 fully saturated rings. The van der Waals surface area contributed by atoms with Gasteiger partial charge in [0, 0.05) is 18.1 Å². The maximum Gasteiger partial charge on any atom is 0.256 e. The average molecular weight is 445 g/mol. The smallest absolute Gasteiger partial charge is 0.256 e. The van der Waals surface area contributed by atoms with Crippen LogP contribution in [-0.4, -0.2) is 51.6 Å². The number of nitrogens with zero attached hydrogens (tertiary/aromatic N) is 2. The molecule has 9 heteroatoms. The molecule has 0 heterocycles. The zero-order valence-corrected chi connectivity index (χ0v) is 18.3. The van der Waals surface area contributed by atoms with Gasteiger partial charge in [0.15, 0.2) is 0 Å². The summed E-state index contributed by atoms with van der Waals surface area (Å²) in [6, 6.07) is 14.0. The van der Waals surface area contributed by atoms with Crippen LogP contribution in [0.2, 0.25) is 5.02 Å². The van der Waals surface area contributed by atoms with Crippen LogP contribution < -0.4 is 0 Å². The zero-order valence-electron chi connectivity index (χ0n) is 16.0. The lowest BCUT2D eigenvalue weighted by molar-refractivity contribution is 0.293. The van der Waals surface area contributed by atoms with Crippen molar-refractivity contribution in [2.45, 2.75) is 24.5 Å². The fourth-order valence-corrected chi connectivity index (χ4v) is 6.65. The molecule has 2 rings (SSSR count). The van der Waals surface area contributed by atoms with Crippen molar-refractivity contribution >= 4 is 31.6 Å². The van der Waals surface area contributed by atoms with E-state index in [0.29, 0.717) is 33.9 Å². The third-order valence-corrected chi connectivity index (χ3v) is 8.98. The molecule has 0 aliphatic heterocycles. The van der Waals surface area contributed by atoms with E-state index >= 15 is 0 Å². The number of sulfonamides is 2. The summed E-state index contributed by atoms with van der Waals surface area (Å²) in [6.07, 6.45) is 0. The molecule has 0 saturated carbocycles. The Hall–Kier alpha value is -1.45. The number of halogens is 1. The van der Waals surface area contributed by atoms with Crippen LogP contribution in [0.1, 0.15) is 19.4 Å². The van der Waals surface area contributed by atoms with Crippen molar-refractivity contribution in [3.8, 4) is 0 Å². The van der Waals surface area contributed by atoms with Crippen molar-refractivity contribution in [2.75, 3.05) is 26.2 Å². The maximum atomic E-state index is 13.2. The van der Waals surface area contributed by atoms with E-state index in [-0.39, 0.29) is 17.2 Å². The number of hydrogen-bond donors (Lipinski definition) is 0. The van der Waals surface area contributed by atoms with Gasteiger partial charge in [-0.1, -0.05) is 59.5 Å². The Kier molecular flexibility index (Phi) is 8.03. The van der Waals surface area contributed by atoms with Crippen molar-refractivity contribution in [1.82, 2.24) is 8.61 Å². The molecule has 0 amide bonds. The summed E-state index contributed by atoms with van der Waals surface area (Å²) in [5, 5.41) is 0.376. The molecule has 2 aromatic rings. The lowest BCUT2D eigenvalue weighted by atomic mass is 10.2. The number of likely N-dealkylation sites (N-methyl/N-ethyl adjacent to an activating group) is 1. The summed E-state index contributed by atoms with van der Waals surface area (Å²) in [4.78, 5) is 1.87. The molecule has 0 atom stereocenters. The minimum Gasteiger partial charge on any atom is -0.303 e. The fourth-order valence-electron chi connectivity index (χ4n) is 2.75. The Morgan fingerprint density at radius 1 is 0.821 bits per heavy atom. The van der Waals surface area contributed by atoms with Crippen LogP contribution >= 0.6 is 11.6 Å². The Morgan fingerprint density at radius 3 is 1.93 bits per heavy atom. The molecule has 0 aromatic heterocycles. The third kappa shape index (κ3) is 5.78. The molecule has 0 aliphatic carbocycles. The Bertz CT molecular complexity index is 959. The molecule has 0 bridgehead atoms. The van der Waals surface area contributed by atoms with Gasteiger partial charge in [-0.05, 0) is 42.9 Å². The van der Waals surface area contributed by atoms with Gasteiger partial charge in [0.05, 0.1) is 10.6 Å². The molecule has 0 radical (unpaired) electrons. The van der Waals surface area contributed by atoms with Crippen molar-refractivity contribution in [3.63, 3.8) is 0 Å². The average Bonchev–Trinajstić information content (AvgIpc) is 2.65. The summed E-state index contributed by atoms with van der Waals surface area (Å²) >= 11 is 5.85. The topological polar surface area (TPSA) is 74.8 Å². The predicted molar refractivity (Wildman–Crippen MR) is 112 cm³/mol. The summed E-state index contributed by atoms with van der Waals surface area (Å²) in [6.45, 7) is 5.45. The van der Waals surface area contributed by atoms with Crippen LogP contribution in [0.25, 0.3) is 0 Å². The second-order valence-corrected chi connectivity index (χ2v) is 10.6. The van der Waals surface area contributed by atoms with Crippen LogP contribution in [0.3, 0.4) is 0 Å². The molecular formula is C19H25ClN2O4S2. The minimum absolute atomic E-state index is 0.104. The quantitative estimate of drug-likeness (QED) is 0.562. The van der Waals surface area contributed by atoms with Crippen LogP contribution in [0, 0.1) is 0 Å². The first-order valence-corrected chi connectivity index (χ1v) is 12.4. The van der Waals surface area contributed by atoms with Gasteiger partial charge in [0.1, 0.15) is 0 Å². The zero-order chi connectivity index (χ0) is 20.8. The lowest BCUT2D eigenvalue weighted by Gasteiger charge is -2.25. The molecule has 154 valence electrons. The Balaban J connectivity index is 2.42. The molecule has 0 spiro atoms. The Labute approximate surface area is 172 Å². The van der Waals surface area contributed by atoms with Gasteiger partial charge < -0.3 is 4.90 Å². The van der Waals surface area contributed by atoms with Crippen LogP contribution in [-0.2, 0) is 25.8 Å². The van der Waals surface area contributed by atoms with Crippen LogP contribution in [0.5, 0.6) is 0 Å². The standard InChI is InChI=1S/C19H25ClN2O4S2/c1-3-21(4-2)14-15-22(27(23,24)16-17-8-6-5-7-9-17)28(25,26)19-12-10-18(20)11-13-19/h5-13H,3-4,14-16H2,1-2H3. The van der Waals surface area contributed by atoms with E-state index in [2.05, 4.69) is 0 Å². The molecule has 0 N–H and O–H groups in total. The van der Waals surface area contributed by atoms with Gasteiger partial charge in [0.25, 0.3) is 10.0 Å². The molecule has 28 heavy (non-hydrogen) atoms. The van der Waals surface area contributed by atoms with Gasteiger partial charge in [-0.2, -0.15) is 0 Å². The Morgan fingerprint density at radius 2 is 1.39 bits per heavy atom. The third-order valence-electron chi connectivity index (χ3n) is 4.37. The van der Waals surface area contributed by atoms with E-state index in [4.69, 9.17) is 11.6 Å². The molecular weight excluding hydrogens is 420 g/mol. The van der Waals surface area contributed by atoms with E-state index in [0.717, 1.165) is 0 Å². The van der Waals surface area contributed by atoms with Gasteiger partial charge in [0.2, 0.25) is 10.0 Å². The largest absolute Gasteiger partial charge is 0.303 e. The van der Waals surface area contributed by atoms with E-state index < -0.39 is 20.0 Å². The first-order valence-electron chi connectivity index (χ1n) is 8.98. The predicted octanol–water partition coefficient (Wildman–Crippen LogP) is 3.20. The van der Waals surface area contributed by atoms with Gasteiger partial charge >= 0.3 is 0 Å². The molecule has 6 nitrogen and oxygen atoms in total. The number of hydrogen-bond acceptors (Lipinski definition) is 5. The van der Waals surface area contributed by atoms with E-state index in [1.807, 2.05) is 18.7 Å². The van der Waals surface area contributed by atoms with Gasteiger partial charge in [-0.15, -0.1) is 0 Å². The second-order valence-electron chi connectivity index (χ2n) is 6.22. The molecule has 0 aliphatic rings. The van der Waals surface area contributed by atoms with Crippen molar-refractivity contribution in [1.29, 1.82) is 0 Å². The molecule has 0 unspecified atom stereocenters. The van der Waals surface area contributed by atoms with E-state index in [9.17, 15) is 16.8 Å². The molecule has 0 saturated heterocycles. The maximum absolute atomic E-state index is 13.2. The summed E-state index contributed by atoms with van der Waals surface area (Å²) in [5.41, 5.74) is 0.529. The van der Waals surface area contributed by atoms with Crippen LogP contribution in [0.4, 0.5) is 0 Å². The van der Waals surface area contributed by atoms with Gasteiger partial charge in [-0.3, -0.25) is 0 Å². The number of benzene rings is 2. The van der Waals surface area contributed by atoms with Crippen molar-refractivity contribution in [3.05, 3.63) is 65.2 Å². The highest BCUT2D eigenvalue weighted by Crippen LogP contribution is 2.23. The minimum atomic E-state index is -4.25. The summed E-state index contributed by atoms with van der Waals surface area (Å²) in [7, 11) is -8.37. The van der Waals surface area contributed by atoms with Gasteiger partial charge in [-0.25, -0.2) is 16.8 Å². The van der Waals surface area contributed by atoms with Crippen molar-refractivity contribution < 1.29 is 16.8 Å². The SMILES string of the molecule is CCN(CC)CCN(S(=O)(=O)Cc1ccccc1)S(=O)(=O)c1ccc(Cl)cc1. The normalized spacial score (nSPS) is 12.6. The number of rotatable bonds is 10. The lowest BCUT2D eigenvalue weighted by Crippen LogP contribution is -2.42. The van der Waals surface area contributed by atoms with Crippen LogP contribution in [0.15, 0.2) is 59.5 Å².